The van der Waals surface area contributed by atoms with Gasteiger partial charge in [-0.15, -0.1) is 0 Å². The van der Waals surface area contributed by atoms with E-state index in [-0.39, 0.29) is 5.78 Å². The maximum atomic E-state index is 13.7. The van der Waals surface area contributed by atoms with Gasteiger partial charge in [-0.2, -0.15) is 0 Å². The lowest BCUT2D eigenvalue weighted by Gasteiger charge is -2.28. The van der Waals surface area contributed by atoms with Gasteiger partial charge < -0.3 is 4.74 Å². The van der Waals surface area contributed by atoms with Crippen molar-refractivity contribution in [1.29, 1.82) is 0 Å². The SMILES string of the molecule is O=C(C=P(c1ccccc1)(c1ccccc1)c1ccccc1)C1Cc2ccccc2O1. The van der Waals surface area contributed by atoms with Gasteiger partial charge in [0.15, 0.2) is 11.9 Å². The third-order valence-electron chi connectivity index (χ3n) is 5.78. The molecule has 0 radical (unpaired) electrons. The van der Waals surface area contributed by atoms with Gasteiger partial charge in [0.1, 0.15) is 5.75 Å². The monoisotopic (exact) mass is 422 g/mol. The van der Waals surface area contributed by atoms with E-state index in [1.165, 1.54) is 0 Å². The van der Waals surface area contributed by atoms with E-state index in [9.17, 15) is 4.79 Å². The molecular weight excluding hydrogens is 399 g/mol. The number of benzene rings is 4. The lowest BCUT2D eigenvalue weighted by molar-refractivity contribution is -0.117. The average molecular weight is 422 g/mol. The number of ketones is 1. The highest BCUT2D eigenvalue weighted by atomic mass is 31.2. The van der Waals surface area contributed by atoms with Crippen LogP contribution in [0.15, 0.2) is 115 Å². The van der Waals surface area contributed by atoms with Crippen LogP contribution in [0.3, 0.4) is 0 Å². The van der Waals surface area contributed by atoms with Gasteiger partial charge in [-0.3, -0.25) is 4.79 Å². The molecule has 0 fully saturated rings. The van der Waals surface area contributed by atoms with Crippen LogP contribution in [-0.2, 0) is 11.2 Å². The van der Waals surface area contributed by atoms with Crippen molar-refractivity contribution in [2.75, 3.05) is 0 Å². The molecule has 3 heteroatoms. The van der Waals surface area contributed by atoms with E-state index < -0.39 is 13.0 Å². The average Bonchev–Trinajstić information content (AvgIpc) is 3.29. The molecule has 1 unspecified atom stereocenters. The molecule has 0 N–H and O–H groups in total. The first kappa shape index (κ1) is 19.6. The summed E-state index contributed by atoms with van der Waals surface area (Å²) >= 11 is 0. The van der Waals surface area contributed by atoms with E-state index >= 15 is 0 Å². The van der Waals surface area contributed by atoms with Crippen molar-refractivity contribution in [2.24, 2.45) is 0 Å². The van der Waals surface area contributed by atoms with Crippen molar-refractivity contribution < 1.29 is 9.53 Å². The third-order valence-corrected chi connectivity index (χ3v) is 9.76. The predicted molar refractivity (Wildman–Crippen MR) is 131 cm³/mol. The summed E-state index contributed by atoms with van der Waals surface area (Å²) in [6.07, 6.45) is 0.136. The largest absolute Gasteiger partial charge is 0.482 e. The second-order valence-electron chi connectivity index (χ2n) is 7.68. The first-order valence-corrected chi connectivity index (χ1v) is 12.3. The summed E-state index contributed by atoms with van der Waals surface area (Å²) in [6.45, 7) is -2.31. The minimum absolute atomic E-state index is 0.0427. The predicted octanol–water partition coefficient (Wildman–Crippen LogP) is 4.36. The Labute approximate surface area is 183 Å². The molecule has 0 amide bonds. The van der Waals surface area contributed by atoms with Crippen LogP contribution in [0.2, 0.25) is 0 Å². The lowest BCUT2D eigenvalue weighted by Crippen LogP contribution is -2.33. The smallest absolute Gasteiger partial charge is 0.197 e. The van der Waals surface area contributed by atoms with E-state index in [4.69, 9.17) is 4.74 Å². The third kappa shape index (κ3) is 3.65. The second kappa shape index (κ2) is 8.41. The normalized spacial score (nSPS) is 15.0. The molecule has 0 aromatic heterocycles. The number of para-hydroxylation sites is 1. The van der Waals surface area contributed by atoms with Crippen LogP contribution in [0, 0.1) is 0 Å². The zero-order valence-corrected chi connectivity index (χ0v) is 18.0. The maximum absolute atomic E-state index is 13.7. The molecule has 31 heavy (non-hydrogen) atoms. The Bertz CT molecular complexity index is 1120. The Morgan fingerprint density at radius 1 is 0.677 bits per heavy atom. The van der Waals surface area contributed by atoms with Crippen molar-refractivity contribution >= 4 is 34.4 Å². The highest BCUT2D eigenvalue weighted by Crippen LogP contribution is 2.44. The Morgan fingerprint density at radius 3 is 1.61 bits per heavy atom. The first-order chi connectivity index (χ1) is 15.3. The number of carbonyl (C=O) groups is 1. The van der Waals surface area contributed by atoms with E-state index in [1.54, 1.807) is 0 Å². The van der Waals surface area contributed by atoms with Crippen molar-refractivity contribution in [3.05, 3.63) is 121 Å². The fourth-order valence-corrected chi connectivity index (χ4v) is 8.09. The van der Waals surface area contributed by atoms with Crippen LogP contribution < -0.4 is 20.7 Å². The van der Waals surface area contributed by atoms with Crippen LogP contribution >= 0.6 is 6.89 Å². The highest BCUT2D eigenvalue weighted by molar-refractivity contribution is 7.95. The van der Waals surface area contributed by atoms with Crippen LogP contribution in [0.1, 0.15) is 5.56 Å². The molecule has 1 aliphatic heterocycles. The van der Waals surface area contributed by atoms with Gasteiger partial charge in [-0.05, 0) is 40.2 Å². The molecular formula is C28H23O2P. The van der Waals surface area contributed by atoms with Gasteiger partial charge >= 0.3 is 0 Å². The van der Waals surface area contributed by atoms with Crippen molar-refractivity contribution in [3.63, 3.8) is 0 Å². The number of ether oxygens (including phenoxy) is 1. The molecule has 5 rings (SSSR count). The summed E-state index contributed by atoms with van der Waals surface area (Å²) in [7, 11) is 0. The molecule has 0 aliphatic carbocycles. The molecule has 4 aromatic carbocycles. The zero-order chi connectivity index (χ0) is 21.1. The molecule has 4 aromatic rings. The van der Waals surface area contributed by atoms with Crippen LogP contribution in [0.4, 0.5) is 0 Å². The molecule has 1 heterocycles. The fourth-order valence-electron chi connectivity index (χ4n) is 4.27. The molecule has 0 bridgehead atoms. The van der Waals surface area contributed by atoms with Gasteiger partial charge in [0, 0.05) is 6.42 Å². The minimum atomic E-state index is -2.31. The second-order valence-corrected chi connectivity index (χ2v) is 10.9. The quantitative estimate of drug-likeness (QED) is 0.447. The number of hydrogen-bond donors (Lipinski definition) is 0. The summed E-state index contributed by atoms with van der Waals surface area (Å²) in [5, 5.41) is 3.49. The van der Waals surface area contributed by atoms with E-state index in [1.807, 2.05) is 48.3 Å². The standard InChI is InChI=1S/C28H23O2P/c29-26(28-20-22-12-10-11-19-27(22)30-28)21-31(23-13-4-1-5-14-23,24-15-6-2-7-16-24)25-17-8-3-9-18-25/h1-19,21,28H,20H2. The maximum Gasteiger partial charge on any atom is 0.197 e. The number of rotatable bonds is 5. The molecule has 0 saturated carbocycles. The van der Waals surface area contributed by atoms with E-state index in [2.05, 4.69) is 72.8 Å². The molecule has 2 nitrogen and oxygen atoms in total. The van der Waals surface area contributed by atoms with Gasteiger partial charge in [0.25, 0.3) is 0 Å². The minimum Gasteiger partial charge on any atom is -0.482 e. The molecule has 152 valence electrons. The highest BCUT2D eigenvalue weighted by Gasteiger charge is 2.32. The van der Waals surface area contributed by atoms with Crippen LogP contribution in [0.25, 0.3) is 0 Å². The van der Waals surface area contributed by atoms with Crippen LogP contribution in [-0.4, -0.2) is 17.7 Å². The molecule has 0 saturated heterocycles. The van der Waals surface area contributed by atoms with Gasteiger partial charge in [-0.1, -0.05) is 109 Å². The van der Waals surface area contributed by atoms with Crippen molar-refractivity contribution in [3.8, 4) is 5.75 Å². The van der Waals surface area contributed by atoms with Gasteiger partial charge in [0.2, 0.25) is 0 Å². The molecule has 0 spiro atoms. The lowest BCUT2D eigenvalue weighted by atomic mass is 10.1. The molecule has 1 aliphatic rings. The van der Waals surface area contributed by atoms with Gasteiger partial charge in [0.05, 0.1) is 0 Å². The van der Waals surface area contributed by atoms with Crippen LogP contribution in [0.5, 0.6) is 5.75 Å². The molecule has 1 atom stereocenters. The summed E-state index contributed by atoms with van der Waals surface area (Å²) in [5.41, 5.74) is 1.09. The Hall–Kier alpha value is -3.35. The number of hydrogen-bond acceptors (Lipinski definition) is 2. The summed E-state index contributed by atoms with van der Waals surface area (Å²) in [5.74, 6) is 2.84. The zero-order valence-electron chi connectivity index (χ0n) is 17.1. The number of fused-ring (bicyclic) bond motifs is 1. The Kier molecular flexibility index (Phi) is 5.32. The van der Waals surface area contributed by atoms with Crippen molar-refractivity contribution in [2.45, 2.75) is 12.5 Å². The Balaban J connectivity index is 1.72. The first-order valence-electron chi connectivity index (χ1n) is 10.5. The number of Topliss-reactive ketones (excluding diaryl/α,β-unsaturated/α-hetero) is 1. The summed E-state index contributed by atoms with van der Waals surface area (Å²) < 4.78 is 6.06. The fraction of sp³-hybridized carbons (Fsp3) is 0.0714. The summed E-state index contributed by atoms with van der Waals surface area (Å²) in [4.78, 5) is 13.7. The van der Waals surface area contributed by atoms with Crippen molar-refractivity contribution in [1.82, 2.24) is 0 Å². The summed E-state index contributed by atoms with van der Waals surface area (Å²) in [6, 6.07) is 39.1. The van der Waals surface area contributed by atoms with E-state index in [0.717, 1.165) is 27.2 Å². The van der Waals surface area contributed by atoms with Gasteiger partial charge in [-0.25, -0.2) is 0 Å². The van der Waals surface area contributed by atoms with E-state index in [0.29, 0.717) is 6.42 Å². The Morgan fingerprint density at radius 2 is 1.13 bits per heavy atom. The number of carbonyl (C=O) groups excluding carboxylic acids is 1. The topological polar surface area (TPSA) is 26.3 Å².